The molecule has 0 aliphatic rings. The Hall–Kier alpha value is -1.56. The maximum Gasteiger partial charge on any atom is 0.155 e. The molecule has 0 aliphatic carbocycles. The summed E-state index contributed by atoms with van der Waals surface area (Å²) >= 11 is 0. The number of benzene rings is 1. The van der Waals surface area contributed by atoms with Gasteiger partial charge in [-0.1, -0.05) is 5.16 Å². The molecule has 0 spiro atoms. The molecule has 0 saturated heterocycles. The van der Waals surface area contributed by atoms with Crippen LogP contribution in [0.3, 0.4) is 0 Å². The fourth-order valence-electron chi connectivity index (χ4n) is 1.34. The van der Waals surface area contributed by atoms with Gasteiger partial charge in [0.25, 0.3) is 0 Å². The van der Waals surface area contributed by atoms with Gasteiger partial charge in [0.15, 0.2) is 9.84 Å². The summed E-state index contributed by atoms with van der Waals surface area (Å²) in [6, 6.07) is 6.65. The predicted octanol–water partition coefficient (Wildman–Crippen LogP) is 1.31. The summed E-state index contributed by atoms with van der Waals surface area (Å²) < 4.78 is 27.8. The molecule has 0 radical (unpaired) electrons. The second kappa shape index (κ2) is 5.18. The van der Waals surface area contributed by atoms with E-state index in [1.807, 2.05) is 0 Å². The van der Waals surface area contributed by atoms with Gasteiger partial charge in [-0.15, -0.1) is 0 Å². The third-order valence-corrected chi connectivity index (χ3v) is 4.03. The lowest BCUT2D eigenvalue weighted by molar-refractivity contribution is 0.318. The fourth-order valence-corrected chi connectivity index (χ4v) is 1.93. The number of sulfone groups is 1. The standard InChI is InChI=1S/C11H15NO4S/c1-8(17(3,14)15)11(12-13)9-4-6-10(16-2)7-5-9/h4-8,13H,1-3H3/b12-11-. The first-order valence-electron chi connectivity index (χ1n) is 4.95. The van der Waals surface area contributed by atoms with Crippen LogP contribution in [0, 0.1) is 0 Å². The van der Waals surface area contributed by atoms with Gasteiger partial charge in [-0.2, -0.15) is 0 Å². The minimum atomic E-state index is -3.30. The second-order valence-electron chi connectivity index (χ2n) is 3.69. The predicted molar refractivity (Wildman–Crippen MR) is 65.6 cm³/mol. The van der Waals surface area contributed by atoms with Crippen LogP contribution in [0.15, 0.2) is 29.4 Å². The van der Waals surface area contributed by atoms with E-state index in [9.17, 15) is 8.42 Å². The topological polar surface area (TPSA) is 76.0 Å². The zero-order chi connectivity index (χ0) is 13.1. The molecule has 1 atom stereocenters. The normalized spacial score (nSPS) is 14.4. The van der Waals surface area contributed by atoms with Crippen LogP contribution in [0.5, 0.6) is 5.75 Å². The molecule has 94 valence electrons. The molecule has 0 amide bonds. The van der Waals surface area contributed by atoms with Gasteiger partial charge >= 0.3 is 0 Å². The van der Waals surface area contributed by atoms with Crippen LogP contribution in [0.1, 0.15) is 12.5 Å². The van der Waals surface area contributed by atoms with E-state index in [0.29, 0.717) is 11.3 Å². The van der Waals surface area contributed by atoms with Crippen molar-refractivity contribution >= 4 is 15.5 Å². The molecule has 17 heavy (non-hydrogen) atoms. The van der Waals surface area contributed by atoms with Crippen molar-refractivity contribution in [2.24, 2.45) is 5.16 Å². The number of rotatable bonds is 4. The highest BCUT2D eigenvalue weighted by atomic mass is 32.2. The molecular weight excluding hydrogens is 242 g/mol. The minimum Gasteiger partial charge on any atom is -0.497 e. The zero-order valence-electron chi connectivity index (χ0n) is 9.91. The van der Waals surface area contributed by atoms with Crippen LogP contribution in [-0.4, -0.2) is 38.0 Å². The van der Waals surface area contributed by atoms with E-state index in [1.165, 1.54) is 14.0 Å². The monoisotopic (exact) mass is 257 g/mol. The molecule has 1 rings (SSSR count). The maximum absolute atomic E-state index is 11.4. The van der Waals surface area contributed by atoms with E-state index >= 15 is 0 Å². The Morgan fingerprint density at radius 1 is 1.35 bits per heavy atom. The zero-order valence-corrected chi connectivity index (χ0v) is 10.7. The number of nitrogens with zero attached hydrogens (tertiary/aromatic N) is 1. The van der Waals surface area contributed by atoms with E-state index in [4.69, 9.17) is 9.94 Å². The van der Waals surface area contributed by atoms with Gasteiger partial charge in [-0.25, -0.2) is 8.42 Å². The average Bonchev–Trinajstić information content (AvgIpc) is 2.29. The summed E-state index contributed by atoms with van der Waals surface area (Å²) in [6.07, 6.45) is 1.10. The molecule has 1 N–H and O–H groups in total. The SMILES string of the molecule is COc1ccc(/C(=N\O)C(C)S(C)(=O)=O)cc1. The highest BCUT2D eigenvalue weighted by Gasteiger charge is 2.23. The Kier molecular flexibility index (Phi) is 4.11. The van der Waals surface area contributed by atoms with E-state index < -0.39 is 15.1 Å². The highest BCUT2D eigenvalue weighted by molar-refractivity contribution is 7.92. The van der Waals surface area contributed by atoms with Crippen molar-refractivity contribution < 1.29 is 18.4 Å². The van der Waals surface area contributed by atoms with Gasteiger partial charge < -0.3 is 9.94 Å². The Morgan fingerprint density at radius 2 is 1.88 bits per heavy atom. The van der Waals surface area contributed by atoms with Crippen molar-refractivity contribution in [2.45, 2.75) is 12.2 Å². The van der Waals surface area contributed by atoms with Gasteiger partial charge in [0.2, 0.25) is 0 Å². The Balaban J connectivity index is 3.11. The fraction of sp³-hybridized carbons (Fsp3) is 0.364. The molecule has 0 bridgehead atoms. The van der Waals surface area contributed by atoms with E-state index in [1.54, 1.807) is 24.3 Å². The van der Waals surface area contributed by atoms with Crippen LogP contribution >= 0.6 is 0 Å². The van der Waals surface area contributed by atoms with E-state index in [-0.39, 0.29) is 5.71 Å². The van der Waals surface area contributed by atoms with E-state index in [2.05, 4.69) is 5.16 Å². The third kappa shape index (κ3) is 3.20. The smallest absolute Gasteiger partial charge is 0.155 e. The molecule has 0 aromatic heterocycles. The van der Waals surface area contributed by atoms with Gasteiger partial charge in [-0.05, 0) is 31.2 Å². The molecule has 1 aromatic carbocycles. The van der Waals surface area contributed by atoms with Crippen molar-refractivity contribution in [2.75, 3.05) is 13.4 Å². The minimum absolute atomic E-state index is 0.121. The Morgan fingerprint density at radius 3 is 2.24 bits per heavy atom. The summed E-state index contributed by atoms with van der Waals surface area (Å²) in [6.45, 7) is 1.48. The molecule has 1 unspecified atom stereocenters. The van der Waals surface area contributed by atoms with Crippen molar-refractivity contribution in [3.05, 3.63) is 29.8 Å². The summed E-state index contributed by atoms with van der Waals surface area (Å²) in [4.78, 5) is 0. The van der Waals surface area contributed by atoms with Crippen LogP contribution in [0.2, 0.25) is 0 Å². The first kappa shape index (κ1) is 13.5. The summed E-state index contributed by atoms with van der Waals surface area (Å²) in [7, 11) is -1.76. The van der Waals surface area contributed by atoms with Gasteiger partial charge in [-0.3, -0.25) is 0 Å². The summed E-state index contributed by atoms with van der Waals surface area (Å²) in [5.74, 6) is 0.651. The Bertz CT molecular complexity index is 505. The molecule has 0 aliphatic heterocycles. The van der Waals surface area contributed by atoms with Crippen molar-refractivity contribution in [3.63, 3.8) is 0 Å². The molecule has 0 fully saturated rings. The van der Waals surface area contributed by atoms with Crippen LogP contribution < -0.4 is 4.74 Å². The van der Waals surface area contributed by atoms with Gasteiger partial charge in [0, 0.05) is 11.8 Å². The quantitative estimate of drug-likeness (QED) is 0.501. The molecular formula is C11H15NO4S. The number of ether oxygens (including phenoxy) is 1. The van der Waals surface area contributed by atoms with Crippen LogP contribution in [0.4, 0.5) is 0 Å². The van der Waals surface area contributed by atoms with Crippen molar-refractivity contribution in [3.8, 4) is 5.75 Å². The number of hydrogen-bond acceptors (Lipinski definition) is 5. The first-order valence-corrected chi connectivity index (χ1v) is 6.91. The number of hydrogen-bond donors (Lipinski definition) is 1. The number of methoxy groups -OCH3 is 1. The highest BCUT2D eigenvalue weighted by Crippen LogP contribution is 2.15. The van der Waals surface area contributed by atoms with Crippen LogP contribution in [-0.2, 0) is 9.84 Å². The van der Waals surface area contributed by atoms with Crippen molar-refractivity contribution in [1.29, 1.82) is 0 Å². The largest absolute Gasteiger partial charge is 0.497 e. The van der Waals surface area contributed by atoms with Gasteiger partial charge in [0.05, 0.1) is 7.11 Å². The second-order valence-corrected chi connectivity index (χ2v) is 6.05. The Labute approximate surface area is 101 Å². The molecule has 1 aromatic rings. The summed E-state index contributed by atoms with van der Waals surface area (Å²) in [5.41, 5.74) is 0.668. The summed E-state index contributed by atoms with van der Waals surface area (Å²) in [5, 5.41) is 11.1. The van der Waals surface area contributed by atoms with Crippen molar-refractivity contribution in [1.82, 2.24) is 0 Å². The molecule has 6 heteroatoms. The van der Waals surface area contributed by atoms with Gasteiger partial charge in [0.1, 0.15) is 16.7 Å². The molecule has 5 nitrogen and oxygen atoms in total. The third-order valence-electron chi connectivity index (χ3n) is 2.52. The lowest BCUT2D eigenvalue weighted by atomic mass is 10.1. The lowest BCUT2D eigenvalue weighted by Crippen LogP contribution is -2.27. The van der Waals surface area contributed by atoms with Crippen LogP contribution in [0.25, 0.3) is 0 Å². The molecule has 0 heterocycles. The first-order chi connectivity index (χ1) is 7.90. The molecule has 0 saturated carbocycles. The average molecular weight is 257 g/mol. The maximum atomic E-state index is 11.4. The lowest BCUT2D eigenvalue weighted by Gasteiger charge is -2.11. The number of oxime groups is 1. The van der Waals surface area contributed by atoms with E-state index in [0.717, 1.165) is 6.26 Å².